The molecule has 0 amide bonds. The second-order valence-corrected chi connectivity index (χ2v) is 5.36. The highest BCUT2D eigenvalue weighted by Crippen LogP contribution is 2.16. The summed E-state index contributed by atoms with van der Waals surface area (Å²) in [5.41, 5.74) is 2.69. The van der Waals surface area contributed by atoms with Gasteiger partial charge in [0.15, 0.2) is 0 Å². The maximum absolute atomic E-state index is 11.3. The van der Waals surface area contributed by atoms with Crippen LogP contribution in [0.3, 0.4) is 0 Å². The molecule has 2 aromatic rings. The summed E-state index contributed by atoms with van der Waals surface area (Å²) < 4.78 is 5.06. The van der Waals surface area contributed by atoms with Crippen molar-refractivity contribution in [2.45, 2.75) is 13.0 Å². The number of rotatable bonds is 8. The van der Waals surface area contributed by atoms with Gasteiger partial charge < -0.3 is 24.9 Å². The number of hydrogen-bond acceptors (Lipinski definition) is 4. The van der Waals surface area contributed by atoms with E-state index >= 15 is 0 Å². The Labute approximate surface area is 124 Å². The minimum absolute atomic E-state index is 0.164. The topological polar surface area (TPSA) is 73.2 Å². The third-order valence-electron chi connectivity index (χ3n) is 3.66. The molecular formula is C15H24N4O2. The molecule has 0 saturated carbocycles. The Balaban J connectivity index is 1.86. The molecule has 21 heavy (non-hydrogen) atoms. The van der Waals surface area contributed by atoms with E-state index in [0.717, 1.165) is 42.8 Å². The molecule has 6 nitrogen and oxygen atoms in total. The van der Waals surface area contributed by atoms with E-state index in [1.807, 2.05) is 18.2 Å². The summed E-state index contributed by atoms with van der Waals surface area (Å²) in [5.74, 6) is 0. The van der Waals surface area contributed by atoms with Gasteiger partial charge in [0.1, 0.15) is 0 Å². The summed E-state index contributed by atoms with van der Waals surface area (Å²) in [6.45, 7) is 5.69. The molecule has 1 aromatic heterocycles. The molecule has 0 radical (unpaired) electrons. The largest absolute Gasteiger partial charge is 0.383 e. The molecule has 0 bridgehead atoms. The standard InChI is InChI=1S/C15H24N4O2/c1-11(16-6-7-19(2)8-9-21-3)12-4-5-13-14(10-12)18-15(20)17-13/h4-5,10-11,16H,6-9H2,1-3H3,(H2,17,18,20). The van der Waals surface area contributed by atoms with E-state index in [-0.39, 0.29) is 11.7 Å². The van der Waals surface area contributed by atoms with Crippen molar-refractivity contribution in [1.82, 2.24) is 20.2 Å². The van der Waals surface area contributed by atoms with Crippen LogP contribution in [0.4, 0.5) is 0 Å². The lowest BCUT2D eigenvalue weighted by atomic mass is 10.1. The van der Waals surface area contributed by atoms with Gasteiger partial charge in [-0.05, 0) is 31.7 Å². The van der Waals surface area contributed by atoms with Gasteiger partial charge >= 0.3 is 5.69 Å². The fraction of sp³-hybridized carbons (Fsp3) is 0.533. The number of H-pyrrole nitrogens is 2. The lowest BCUT2D eigenvalue weighted by Gasteiger charge is -2.19. The molecule has 1 heterocycles. The second kappa shape index (κ2) is 7.40. The lowest BCUT2D eigenvalue weighted by Crippen LogP contribution is -2.32. The highest BCUT2D eigenvalue weighted by atomic mass is 16.5. The van der Waals surface area contributed by atoms with Crippen LogP contribution in [0, 0.1) is 0 Å². The molecule has 0 saturated heterocycles. The van der Waals surface area contributed by atoms with Crippen molar-refractivity contribution >= 4 is 11.0 Å². The average molecular weight is 292 g/mol. The Morgan fingerprint density at radius 2 is 2.05 bits per heavy atom. The van der Waals surface area contributed by atoms with Gasteiger partial charge in [-0.2, -0.15) is 0 Å². The molecule has 6 heteroatoms. The van der Waals surface area contributed by atoms with Gasteiger partial charge in [0.25, 0.3) is 0 Å². The zero-order valence-corrected chi connectivity index (χ0v) is 12.9. The van der Waals surface area contributed by atoms with Gasteiger partial charge in [-0.1, -0.05) is 6.07 Å². The summed E-state index contributed by atoms with van der Waals surface area (Å²) in [7, 11) is 3.80. The van der Waals surface area contributed by atoms with Gasteiger partial charge in [-0.3, -0.25) is 0 Å². The van der Waals surface area contributed by atoms with Crippen molar-refractivity contribution in [2.75, 3.05) is 40.4 Å². The fourth-order valence-electron chi connectivity index (χ4n) is 2.27. The van der Waals surface area contributed by atoms with Gasteiger partial charge in [0.2, 0.25) is 0 Å². The monoisotopic (exact) mass is 292 g/mol. The Bertz CT molecular complexity index is 619. The molecule has 0 aliphatic rings. The first-order valence-corrected chi connectivity index (χ1v) is 7.23. The van der Waals surface area contributed by atoms with Crippen molar-refractivity contribution in [2.24, 2.45) is 0 Å². The summed E-state index contributed by atoms with van der Waals surface area (Å²) in [4.78, 5) is 19.0. The van der Waals surface area contributed by atoms with Crippen molar-refractivity contribution < 1.29 is 4.74 Å². The first kappa shape index (κ1) is 15.8. The number of likely N-dealkylation sites (N-methyl/N-ethyl adjacent to an activating group) is 1. The van der Waals surface area contributed by atoms with E-state index < -0.39 is 0 Å². The number of benzene rings is 1. The fourth-order valence-corrected chi connectivity index (χ4v) is 2.27. The van der Waals surface area contributed by atoms with Crippen molar-refractivity contribution in [1.29, 1.82) is 0 Å². The molecule has 3 N–H and O–H groups in total. The summed E-state index contributed by atoms with van der Waals surface area (Å²) >= 11 is 0. The predicted octanol–water partition coefficient (Wildman–Crippen LogP) is 1.08. The normalized spacial score (nSPS) is 13.1. The van der Waals surface area contributed by atoms with E-state index in [1.54, 1.807) is 7.11 Å². The van der Waals surface area contributed by atoms with Gasteiger partial charge in [0.05, 0.1) is 17.6 Å². The first-order chi connectivity index (χ1) is 10.1. The molecular weight excluding hydrogens is 268 g/mol. The van der Waals surface area contributed by atoms with Gasteiger partial charge in [-0.25, -0.2) is 4.79 Å². The molecule has 0 aliphatic heterocycles. The second-order valence-electron chi connectivity index (χ2n) is 5.36. The average Bonchev–Trinajstić information content (AvgIpc) is 2.83. The molecule has 0 spiro atoms. The quantitative estimate of drug-likeness (QED) is 0.681. The van der Waals surface area contributed by atoms with Crippen LogP contribution in [0.2, 0.25) is 0 Å². The van der Waals surface area contributed by atoms with Crippen molar-refractivity contribution in [3.05, 3.63) is 34.2 Å². The highest BCUT2D eigenvalue weighted by Gasteiger charge is 2.07. The van der Waals surface area contributed by atoms with E-state index in [9.17, 15) is 4.79 Å². The maximum atomic E-state index is 11.3. The lowest BCUT2D eigenvalue weighted by molar-refractivity contribution is 0.161. The van der Waals surface area contributed by atoms with Crippen LogP contribution in [0.15, 0.2) is 23.0 Å². The van der Waals surface area contributed by atoms with E-state index in [0.29, 0.717) is 0 Å². The molecule has 1 aromatic carbocycles. The third-order valence-corrected chi connectivity index (χ3v) is 3.66. The molecule has 0 fully saturated rings. The van der Waals surface area contributed by atoms with E-state index in [4.69, 9.17) is 4.74 Å². The number of hydrogen-bond donors (Lipinski definition) is 3. The molecule has 2 rings (SSSR count). The van der Waals surface area contributed by atoms with E-state index in [1.165, 1.54) is 0 Å². The smallest absolute Gasteiger partial charge is 0.323 e. The number of nitrogens with zero attached hydrogens (tertiary/aromatic N) is 1. The van der Waals surface area contributed by atoms with Crippen LogP contribution in [0.1, 0.15) is 18.5 Å². The van der Waals surface area contributed by atoms with Crippen molar-refractivity contribution in [3.8, 4) is 0 Å². The summed E-state index contributed by atoms with van der Waals surface area (Å²) in [6.07, 6.45) is 0. The number of ether oxygens (including phenoxy) is 1. The minimum atomic E-state index is -0.164. The van der Waals surface area contributed by atoms with Gasteiger partial charge in [0, 0.05) is 32.8 Å². The van der Waals surface area contributed by atoms with Crippen LogP contribution < -0.4 is 11.0 Å². The van der Waals surface area contributed by atoms with Crippen molar-refractivity contribution in [3.63, 3.8) is 0 Å². The number of fused-ring (bicyclic) bond motifs is 1. The molecule has 0 aliphatic carbocycles. The Hall–Kier alpha value is -1.63. The zero-order valence-electron chi connectivity index (χ0n) is 12.9. The van der Waals surface area contributed by atoms with E-state index in [2.05, 4.69) is 34.2 Å². The first-order valence-electron chi connectivity index (χ1n) is 7.23. The van der Waals surface area contributed by atoms with Crippen LogP contribution in [0.5, 0.6) is 0 Å². The third kappa shape index (κ3) is 4.42. The minimum Gasteiger partial charge on any atom is -0.383 e. The number of aromatic nitrogens is 2. The predicted molar refractivity (Wildman–Crippen MR) is 84.7 cm³/mol. The molecule has 1 unspecified atom stereocenters. The summed E-state index contributed by atoms with van der Waals surface area (Å²) in [5, 5.41) is 3.49. The number of aromatic amines is 2. The maximum Gasteiger partial charge on any atom is 0.323 e. The van der Waals surface area contributed by atoms with Gasteiger partial charge in [-0.15, -0.1) is 0 Å². The van der Waals surface area contributed by atoms with Crippen LogP contribution in [0.25, 0.3) is 11.0 Å². The number of imidazole rings is 1. The summed E-state index contributed by atoms with van der Waals surface area (Å²) in [6, 6.07) is 6.23. The molecule has 1 atom stereocenters. The zero-order chi connectivity index (χ0) is 15.2. The Morgan fingerprint density at radius 1 is 1.29 bits per heavy atom. The molecule has 116 valence electrons. The SMILES string of the molecule is COCCN(C)CCNC(C)c1ccc2[nH]c(=O)[nH]c2c1. The highest BCUT2D eigenvalue weighted by molar-refractivity contribution is 5.75. The Morgan fingerprint density at radius 3 is 2.81 bits per heavy atom. The van der Waals surface area contributed by atoms with Crippen LogP contribution in [-0.4, -0.2) is 55.3 Å². The number of methoxy groups -OCH3 is 1. The number of nitrogens with one attached hydrogen (secondary N) is 3. The van der Waals surface area contributed by atoms with Crippen LogP contribution >= 0.6 is 0 Å². The van der Waals surface area contributed by atoms with Crippen LogP contribution in [-0.2, 0) is 4.74 Å². The Kier molecular flexibility index (Phi) is 5.55.